The average Bonchev–Trinajstić information content (AvgIpc) is 2.55. The van der Waals surface area contributed by atoms with Gasteiger partial charge in [-0.1, -0.05) is 31.2 Å². The molecule has 0 aromatic heterocycles. The largest absolute Gasteiger partial charge is 0.327 e. The normalized spacial score (nSPS) is 20.3. The molecule has 1 aromatic rings. The topological polar surface area (TPSA) is 26.0 Å². The SMILES string of the molecule is CC1Cc2c(/C=C/CN)cccc2S1. The van der Waals surface area contributed by atoms with Gasteiger partial charge in [0.2, 0.25) is 0 Å². The van der Waals surface area contributed by atoms with Crippen molar-refractivity contribution in [1.82, 2.24) is 0 Å². The van der Waals surface area contributed by atoms with Gasteiger partial charge in [0.1, 0.15) is 0 Å². The Hall–Kier alpha value is -0.730. The Morgan fingerprint density at radius 1 is 1.57 bits per heavy atom. The third kappa shape index (κ3) is 1.86. The lowest BCUT2D eigenvalue weighted by Gasteiger charge is -2.02. The van der Waals surface area contributed by atoms with Crippen LogP contribution in [0.3, 0.4) is 0 Å². The second-order valence-electron chi connectivity index (χ2n) is 3.59. The minimum absolute atomic E-state index is 0.617. The third-order valence-corrected chi connectivity index (χ3v) is 3.63. The number of benzene rings is 1. The van der Waals surface area contributed by atoms with E-state index in [1.807, 2.05) is 17.8 Å². The van der Waals surface area contributed by atoms with Gasteiger partial charge in [-0.3, -0.25) is 0 Å². The molecule has 0 amide bonds. The predicted molar refractivity (Wildman–Crippen MR) is 63.6 cm³/mol. The maximum absolute atomic E-state index is 5.46. The van der Waals surface area contributed by atoms with Crippen molar-refractivity contribution in [1.29, 1.82) is 0 Å². The number of hydrogen-bond acceptors (Lipinski definition) is 2. The van der Waals surface area contributed by atoms with E-state index in [0.717, 1.165) is 5.25 Å². The van der Waals surface area contributed by atoms with Crippen molar-refractivity contribution in [2.75, 3.05) is 6.54 Å². The van der Waals surface area contributed by atoms with Gasteiger partial charge in [-0.25, -0.2) is 0 Å². The predicted octanol–water partition coefficient (Wildman–Crippen LogP) is 2.70. The summed E-state index contributed by atoms with van der Waals surface area (Å²) in [5, 5.41) is 0.720. The average molecular weight is 205 g/mol. The first-order valence-corrected chi connectivity index (χ1v) is 5.84. The highest BCUT2D eigenvalue weighted by Crippen LogP contribution is 2.38. The summed E-state index contributed by atoms with van der Waals surface area (Å²) >= 11 is 1.97. The molecule has 14 heavy (non-hydrogen) atoms. The quantitative estimate of drug-likeness (QED) is 0.803. The van der Waals surface area contributed by atoms with Gasteiger partial charge in [0.05, 0.1) is 0 Å². The van der Waals surface area contributed by atoms with Gasteiger partial charge in [0.25, 0.3) is 0 Å². The summed E-state index contributed by atoms with van der Waals surface area (Å²) in [7, 11) is 0. The second kappa shape index (κ2) is 4.20. The molecule has 1 aromatic carbocycles. The molecule has 74 valence electrons. The second-order valence-corrected chi connectivity index (χ2v) is 5.07. The zero-order valence-corrected chi connectivity index (χ0v) is 9.18. The van der Waals surface area contributed by atoms with E-state index in [2.05, 4.69) is 31.2 Å². The highest BCUT2D eigenvalue weighted by Gasteiger charge is 2.19. The first-order valence-electron chi connectivity index (χ1n) is 4.96. The Morgan fingerprint density at radius 2 is 2.43 bits per heavy atom. The Bertz CT molecular complexity index is 357. The fourth-order valence-corrected chi connectivity index (χ4v) is 2.99. The van der Waals surface area contributed by atoms with Crippen LogP contribution in [0.15, 0.2) is 29.2 Å². The molecule has 1 aliphatic heterocycles. The molecule has 1 unspecified atom stereocenters. The lowest BCUT2D eigenvalue weighted by molar-refractivity contribution is 0.957. The van der Waals surface area contributed by atoms with Crippen LogP contribution in [0.25, 0.3) is 6.08 Å². The molecule has 1 nitrogen and oxygen atoms in total. The summed E-state index contributed by atoms with van der Waals surface area (Å²) in [4.78, 5) is 1.44. The number of fused-ring (bicyclic) bond motifs is 1. The maximum Gasteiger partial charge on any atom is 0.0113 e. The summed E-state index contributed by atoms with van der Waals surface area (Å²) in [6.07, 6.45) is 5.34. The van der Waals surface area contributed by atoms with E-state index in [1.54, 1.807) is 0 Å². The number of thioether (sulfide) groups is 1. The molecule has 0 radical (unpaired) electrons. The van der Waals surface area contributed by atoms with E-state index in [4.69, 9.17) is 5.73 Å². The molecule has 0 saturated heterocycles. The summed E-state index contributed by atoms with van der Waals surface area (Å²) in [6.45, 7) is 2.90. The van der Waals surface area contributed by atoms with Crippen LogP contribution < -0.4 is 5.73 Å². The Balaban J connectivity index is 2.34. The van der Waals surface area contributed by atoms with Crippen molar-refractivity contribution in [2.24, 2.45) is 5.73 Å². The van der Waals surface area contributed by atoms with Crippen molar-refractivity contribution < 1.29 is 0 Å². The first kappa shape index (κ1) is 9.81. The van der Waals surface area contributed by atoms with Crippen molar-refractivity contribution in [2.45, 2.75) is 23.5 Å². The number of hydrogen-bond donors (Lipinski definition) is 1. The Morgan fingerprint density at radius 3 is 3.21 bits per heavy atom. The van der Waals surface area contributed by atoms with Crippen LogP contribution in [0.4, 0.5) is 0 Å². The van der Waals surface area contributed by atoms with Gasteiger partial charge >= 0.3 is 0 Å². The molecule has 0 spiro atoms. The summed E-state index contributed by atoms with van der Waals surface area (Å²) in [5.41, 5.74) is 8.29. The number of nitrogens with two attached hydrogens (primary N) is 1. The lowest BCUT2D eigenvalue weighted by Crippen LogP contribution is -1.95. The smallest absolute Gasteiger partial charge is 0.0113 e. The molecular weight excluding hydrogens is 190 g/mol. The molecule has 1 atom stereocenters. The van der Waals surface area contributed by atoms with E-state index in [-0.39, 0.29) is 0 Å². The first-order chi connectivity index (χ1) is 6.81. The molecule has 0 saturated carbocycles. The molecule has 0 fully saturated rings. The van der Waals surface area contributed by atoms with Gasteiger partial charge in [-0.2, -0.15) is 0 Å². The molecule has 1 heterocycles. The minimum Gasteiger partial charge on any atom is -0.327 e. The Labute approximate surface area is 89.4 Å². The van der Waals surface area contributed by atoms with Crippen molar-refractivity contribution in [3.05, 3.63) is 35.4 Å². The van der Waals surface area contributed by atoms with Crippen LogP contribution in [0.2, 0.25) is 0 Å². The Kier molecular flexibility index (Phi) is 2.94. The number of rotatable bonds is 2. The van der Waals surface area contributed by atoms with Crippen LogP contribution in [-0.4, -0.2) is 11.8 Å². The zero-order chi connectivity index (χ0) is 9.97. The van der Waals surface area contributed by atoms with Crippen LogP contribution >= 0.6 is 11.8 Å². The summed E-state index contributed by atoms with van der Waals surface area (Å²) in [6, 6.07) is 6.51. The van der Waals surface area contributed by atoms with Crippen LogP contribution in [0.5, 0.6) is 0 Å². The van der Waals surface area contributed by atoms with E-state index in [0.29, 0.717) is 6.54 Å². The van der Waals surface area contributed by atoms with E-state index in [1.165, 1.54) is 22.4 Å². The van der Waals surface area contributed by atoms with Crippen LogP contribution in [-0.2, 0) is 6.42 Å². The maximum atomic E-state index is 5.46. The monoisotopic (exact) mass is 205 g/mol. The highest BCUT2D eigenvalue weighted by molar-refractivity contribution is 8.00. The fraction of sp³-hybridized carbons (Fsp3) is 0.333. The minimum atomic E-state index is 0.617. The van der Waals surface area contributed by atoms with Crippen LogP contribution in [0.1, 0.15) is 18.1 Å². The van der Waals surface area contributed by atoms with E-state index >= 15 is 0 Å². The molecule has 2 N–H and O–H groups in total. The highest BCUT2D eigenvalue weighted by atomic mass is 32.2. The van der Waals surface area contributed by atoms with Gasteiger partial charge < -0.3 is 5.73 Å². The van der Waals surface area contributed by atoms with Crippen molar-refractivity contribution in [3.8, 4) is 0 Å². The fourth-order valence-electron chi connectivity index (χ4n) is 1.81. The van der Waals surface area contributed by atoms with Gasteiger partial charge in [-0.15, -0.1) is 11.8 Å². The van der Waals surface area contributed by atoms with Gasteiger partial charge in [-0.05, 0) is 23.6 Å². The van der Waals surface area contributed by atoms with Crippen LogP contribution in [0, 0.1) is 0 Å². The van der Waals surface area contributed by atoms with E-state index < -0.39 is 0 Å². The van der Waals surface area contributed by atoms with Gasteiger partial charge in [0.15, 0.2) is 0 Å². The third-order valence-electron chi connectivity index (χ3n) is 2.42. The van der Waals surface area contributed by atoms with E-state index in [9.17, 15) is 0 Å². The van der Waals surface area contributed by atoms with Gasteiger partial charge in [0, 0.05) is 16.7 Å². The van der Waals surface area contributed by atoms with Crippen molar-refractivity contribution in [3.63, 3.8) is 0 Å². The summed E-state index contributed by atoms with van der Waals surface area (Å²) in [5.74, 6) is 0. The molecule has 0 bridgehead atoms. The molecule has 2 rings (SSSR count). The molecule has 0 aliphatic carbocycles. The van der Waals surface area contributed by atoms with Crippen molar-refractivity contribution >= 4 is 17.8 Å². The lowest BCUT2D eigenvalue weighted by atomic mass is 10.0. The summed E-state index contributed by atoms with van der Waals surface area (Å²) < 4.78 is 0. The zero-order valence-electron chi connectivity index (χ0n) is 8.36. The molecule has 2 heteroatoms. The standard InChI is InChI=1S/C12H15NS/c1-9-8-11-10(5-3-7-13)4-2-6-12(11)14-9/h2-6,9H,7-8,13H2,1H3/b5-3+. The molecular formula is C12H15NS. The molecule has 1 aliphatic rings.